The molecule has 1 unspecified atom stereocenters. The number of carbonyl (C=O) groups is 1. The van der Waals surface area contributed by atoms with Crippen molar-refractivity contribution in [2.75, 3.05) is 20.8 Å². The summed E-state index contributed by atoms with van der Waals surface area (Å²) in [5.41, 5.74) is 4.78. The minimum atomic E-state index is -0.406. The van der Waals surface area contributed by atoms with Crippen LogP contribution in [-0.2, 0) is 6.42 Å². The summed E-state index contributed by atoms with van der Waals surface area (Å²) < 4.78 is 10.8. The second-order valence-electron chi connectivity index (χ2n) is 8.23. The molecule has 0 aliphatic carbocycles. The van der Waals surface area contributed by atoms with Crippen molar-refractivity contribution >= 4 is 29.1 Å². The lowest BCUT2D eigenvalue weighted by Gasteiger charge is -2.27. The minimum Gasteiger partial charge on any atom is -0.493 e. The van der Waals surface area contributed by atoms with E-state index in [-0.39, 0.29) is 5.91 Å². The van der Waals surface area contributed by atoms with Crippen molar-refractivity contribution in [2.45, 2.75) is 12.5 Å². The maximum Gasteiger partial charge on any atom is 0.273 e. The topological polar surface area (TPSA) is 67.5 Å². The Morgan fingerprint density at radius 3 is 2.46 bits per heavy atom. The van der Waals surface area contributed by atoms with E-state index in [1.165, 1.54) is 0 Å². The van der Waals surface area contributed by atoms with Gasteiger partial charge in [-0.2, -0.15) is 5.10 Å². The highest BCUT2D eigenvalue weighted by Crippen LogP contribution is 2.45. The number of nitrogens with one attached hydrogen (secondary N) is 1. The minimum absolute atomic E-state index is 0.119. The number of hydrogen-bond donors (Lipinski definition) is 1. The van der Waals surface area contributed by atoms with E-state index in [0.29, 0.717) is 40.2 Å². The molecule has 1 aliphatic heterocycles. The van der Waals surface area contributed by atoms with Gasteiger partial charge in [-0.15, -0.1) is 0 Å². The lowest BCUT2D eigenvalue weighted by molar-refractivity contribution is 0.0746. The number of hydrogen-bond acceptors (Lipinski definition) is 4. The Balaban J connectivity index is 1.55. The Bertz CT molecular complexity index is 1390. The van der Waals surface area contributed by atoms with E-state index >= 15 is 0 Å². The molecular weight excluding hydrogens is 485 g/mol. The van der Waals surface area contributed by atoms with Crippen LogP contribution in [0.5, 0.6) is 11.5 Å². The molecule has 1 atom stereocenters. The number of aromatic nitrogens is 2. The van der Waals surface area contributed by atoms with Crippen LogP contribution in [0.1, 0.15) is 33.2 Å². The molecule has 0 spiro atoms. The third-order valence-electron chi connectivity index (χ3n) is 6.26. The molecule has 1 N–H and O–H groups in total. The molecule has 3 aromatic carbocycles. The second-order valence-corrected chi connectivity index (χ2v) is 9.08. The van der Waals surface area contributed by atoms with Crippen molar-refractivity contribution in [1.29, 1.82) is 0 Å². The van der Waals surface area contributed by atoms with E-state index < -0.39 is 6.04 Å². The summed E-state index contributed by atoms with van der Waals surface area (Å²) in [5.74, 6) is 1.19. The zero-order valence-corrected chi connectivity index (χ0v) is 20.7. The highest BCUT2D eigenvalue weighted by Gasteiger charge is 2.42. The second kappa shape index (κ2) is 9.64. The molecule has 8 heteroatoms. The van der Waals surface area contributed by atoms with Crippen LogP contribution in [0.25, 0.3) is 11.3 Å². The van der Waals surface area contributed by atoms with Crippen LogP contribution in [0.2, 0.25) is 10.0 Å². The number of amides is 1. The van der Waals surface area contributed by atoms with E-state index in [1.54, 1.807) is 26.4 Å². The maximum atomic E-state index is 13.6. The Hall–Kier alpha value is -3.48. The van der Waals surface area contributed by atoms with Crippen LogP contribution in [0, 0.1) is 0 Å². The van der Waals surface area contributed by atoms with Crippen molar-refractivity contribution in [1.82, 2.24) is 15.1 Å². The molecule has 0 fully saturated rings. The fourth-order valence-corrected chi connectivity index (χ4v) is 5.09. The van der Waals surface area contributed by atoms with Crippen LogP contribution >= 0.6 is 23.2 Å². The van der Waals surface area contributed by atoms with Crippen molar-refractivity contribution < 1.29 is 14.3 Å². The van der Waals surface area contributed by atoms with Crippen molar-refractivity contribution in [3.05, 3.63) is 99.2 Å². The predicted molar refractivity (Wildman–Crippen MR) is 137 cm³/mol. The normalized spacial score (nSPS) is 14.8. The largest absolute Gasteiger partial charge is 0.493 e. The number of H-pyrrole nitrogens is 1. The molecule has 1 amide bonds. The zero-order valence-electron chi connectivity index (χ0n) is 19.2. The van der Waals surface area contributed by atoms with Gasteiger partial charge >= 0.3 is 0 Å². The fourth-order valence-electron chi connectivity index (χ4n) is 4.58. The van der Waals surface area contributed by atoms with Crippen LogP contribution < -0.4 is 9.47 Å². The first-order chi connectivity index (χ1) is 17.0. The Morgan fingerprint density at radius 2 is 1.74 bits per heavy atom. The number of fused-ring (bicyclic) bond motifs is 1. The lowest BCUT2D eigenvalue weighted by atomic mass is 9.96. The third kappa shape index (κ3) is 4.24. The van der Waals surface area contributed by atoms with Gasteiger partial charge in [0.05, 0.1) is 26.0 Å². The third-order valence-corrected chi connectivity index (χ3v) is 6.82. The van der Waals surface area contributed by atoms with Gasteiger partial charge in [-0.1, -0.05) is 65.7 Å². The average Bonchev–Trinajstić information content (AvgIpc) is 3.42. The van der Waals surface area contributed by atoms with Gasteiger partial charge in [0.25, 0.3) is 5.91 Å². The molecule has 4 aromatic rings. The lowest BCUT2D eigenvalue weighted by Crippen LogP contribution is -2.31. The van der Waals surface area contributed by atoms with Gasteiger partial charge < -0.3 is 14.4 Å². The fraction of sp³-hybridized carbons (Fsp3) is 0.185. The van der Waals surface area contributed by atoms with E-state index in [2.05, 4.69) is 10.2 Å². The summed E-state index contributed by atoms with van der Waals surface area (Å²) in [6.07, 6.45) is 0.617. The number of carbonyl (C=O) groups excluding carboxylic acids is 1. The number of nitrogens with zero attached hydrogens (tertiary/aromatic N) is 2. The van der Waals surface area contributed by atoms with E-state index in [9.17, 15) is 4.79 Å². The molecule has 6 nitrogen and oxygen atoms in total. The summed E-state index contributed by atoms with van der Waals surface area (Å²) in [4.78, 5) is 15.4. The van der Waals surface area contributed by atoms with Crippen LogP contribution in [0.3, 0.4) is 0 Å². The molecule has 0 radical (unpaired) electrons. The number of ether oxygens (including phenoxy) is 2. The number of rotatable bonds is 7. The number of halogens is 2. The molecule has 5 rings (SSSR count). The predicted octanol–water partition coefficient (Wildman–Crippen LogP) is 6.19. The van der Waals surface area contributed by atoms with Gasteiger partial charge in [0.2, 0.25) is 0 Å². The van der Waals surface area contributed by atoms with Gasteiger partial charge in [-0.3, -0.25) is 9.89 Å². The first kappa shape index (κ1) is 23.3. The quantitative estimate of drug-likeness (QED) is 0.323. The van der Waals surface area contributed by atoms with Gasteiger partial charge in [-0.05, 0) is 41.8 Å². The SMILES string of the molecule is COc1ccc(CCN2C(=O)c3[nH]nc(-c4ccccc4)c3C2c2ccc(Cl)cc2Cl)cc1OC. The smallest absolute Gasteiger partial charge is 0.273 e. The first-order valence-electron chi connectivity index (χ1n) is 11.1. The number of methoxy groups -OCH3 is 2. The number of aromatic amines is 1. The van der Waals surface area contributed by atoms with Gasteiger partial charge in [0.1, 0.15) is 5.69 Å². The molecule has 178 valence electrons. The summed E-state index contributed by atoms with van der Waals surface area (Å²) in [6.45, 7) is 0.467. The summed E-state index contributed by atoms with van der Waals surface area (Å²) in [7, 11) is 3.21. The van der Waals surface area contributed by atoms with E-state index in [0.717, 1.165) is 27.9 Å². The molecule has 0 bridgehead atoms. The standard InChI is InChI=1S/C27H23Cl2N3O3/c1-34-21-11-8-16(14-22(21)35-2)12-13-32-26(19-10-9-18(28)15-20(19)29)23-24(17-6-4-3-5-7-17)30-31-25(23)27(32)33/h3-11,14-15,26H,12-13H2,1-2H3,(H,30,31). The molecule has 1 aliphatic rings. The van der Waals surface area contributed by atoms with E-state index in [1.807, 2.05) is 59.5 Å². The summed E-state index contributed by atoms with van der Waals surface area (Å²) in [6, 6.07) is 20.6. The Morgan fingerprint density at radius 1 is 0.971 bits per heavy atom. The zero-order chi connectivity index (χ0) is 24.5. The Labute approximate surface area is 213 Å². The highest BCUT2D eigenvalue weighted by atomic mass is 35.5. The van der Waals surface area contributed by atoms with Gasteiger partial charge in [-0.25, -0.2) is 0 Å². The molecule has 2 heterocycles. The van der Waals surface area contributed by atoms with Gasteiger partial charge in [0.15, 0.2) is 11.5 Å². The summed E-state index contributed by atoms with van der Waals surface area (Å²) in [5, 5.41) is 8.52. The van der Waals surface area contributed by atoms with Crippen LogP contribution in [-0.4, -0.2) is 41.8 Å². The highest BCUT2D eigenvalue weighted by molar-refractivity contribution is 6.35. The van der Waals surface area contributed by atoms with Crippen molar-refractivity contribution in [3.8, 4) is 22.8 Å². The molecular formula is C27H23Cl2N3O3. The van der Waals surface area contributed by atoms with E-state index in [4.69, 9.17) is 32.7 Å². The average molecular weight is 508 g/mol. The summed E-state index contributed by atoms with van der Waals surface area (Å²) >= 11 is 12.8. The van der Waals surface area contributed by atoms with Crippen molar-refractivity contribution in [2.24, 2.45) is 0 Å². The number of benzene rings is 3. The maximum absolute atomic E-state index is 13.6. The first-order valence-corrected chi connectivity index (χ1v) is 11.9. The Kier molecular flexibility index (Phi) is 6.41. The van der Waals surface area contributed by atoms with Crippen molar-refractivity contribution in [3.63, 3.8) is 0 Å². The molecule has 0 saturated carbocycles. The molecule has 0 saturated heterocycles. The van der Waals surface area contributed by atoms with Crippen LogP contribution in [0.4, 0.5) is 0 Å². The van der Waals surface area contributed by atoms with Crippen LogP contribution in [0.15, 0.2) is 66.7 Å². The monoisotopic (exact) mass is 507 g/mol. The molecule has 35 heavy (non-hydrogen) atoms. The van der Waals surface area contributed by atoms with Gasteiger partial charge in [0, 0.05) is 27.7 Å². The molecule has 1 aromatic heterocycles.